The van der Waals surface area contributed by atoms with Crippen molar-refractivity contribution in [3.8, 4) is 5.75 Å². The predicted molar refractivity (Wildman–Crippen MR) is 88.7 cm³/mol. The minimum absolute atomic E-state index is 0.230. The minimum atomic E-state index is -0.493. The van der Waals surface area contributed by atoms with Crippen molar-refractivity contribution in [1.82, 2.24) is 15.1 Å². The summed E-state index contributed by atoms with van der Waals surface area (Å²) >= 11 is 0. The van der Waals surface area contributed by atoms with Gasteiger partial charge in [0.15, 0.2) is 0 Å². The van der Waals surface area contributed by atoms with Gasteiger partial charge >= 0.3 is 0 Å². The lowest BCUT2D eigenvalue weighted by Gasteiger charge is -2.15. The van der Waals surface area contributed by atoms with Crippen LogP contribution in [0.25, 0.3) is 0 Å². The van der Waals surface area contributed by atoms with E-state index in [-0.39, 0.29) is 24.4 Å². The standard InChI is InChI=1S/C18H22FN3O2/c1-4-12(5-2)22-11(3)9-14(21-22)18(23)20-15-10-24-16-8-6-7-13(19)17(15)16/h6-9,12,15H,4-5,10H2,1-3H3,(H,20,23)/t15-/m1/s1. The second-order valence-corrected chi connectivity index (χ2v) is 6.07. The van der Waals surface area contributed by atoms with Crippen LogP contribution in [-0.2, 0) is 0 Å². The monoisotopic (exact) mass is 331 g/mol. The van der Waals surface area contributed by atoms with E-state index in [4.69, 9.17) is 4.74 Å². The number of hydrogen-bond acceptors (Lipinski definition) is 3. The Balaban J connectivity index is 1.79. The molecule has 0 saturated carbocycles. The molecule has 1 aliphatic heterocycles. The number of benzene rings is 1. The van der Waals surface area contributed by atoms with Gasteiger partial charge in [-0.3, -0.25) is 9.48 Å². The number of rotatable bonds is 5. The highest BCUT2D eigenvalue weighted by molar-refractivity contribution is 5.92. The minimum Gasteiger partial charge on any atom is -0.491 e. The molecule has 0 bridgehead atoms. The van der Waals surface area contributed by atoms with Crippen LogP contribution in [0.5, 0.6) is 5.75 Å². The van der Waals surface area contributed by atoms with Gasteiger partial charge in [-0.05, 0) is 38.0 Å². The van der Waals surface area contributed by atoms with Gasteiger partial charge in [0, 0.05) is 5.69 Å². The molecule has 0 aliphatic carbocycles. The lowest BCUT2D eigenvalue weighted by molar-refractivity contribution is 0.0923. The van der Waals surface area contributed by atoms with Crippen LogP contribution in [0.2, 0.25) is 0 Å². The van der Waals surface area contributed by atoms with E-state index in [9.17, 15) is 9.18 Å². The quantitative estimate of drug-likeness (QED) is 0.911. The number of carbonyl (C=O) groups is 1. The summed E-state index contributed by atoms with van der Waals surface area (Å²) in [7, 11) is 0. The zero-order valence-corrected chi connectivity index (χ0v) is 14.2. The normalized spacial score (nSPS) is 16.1. The molecule has 0 radical (unpaired) electrons. The molecule has 5 nitrogen and oxygen atoms in total. The van der Waals surface area contributed by atoms with Gasteiger partial charge in [-0.2, -0.15) is 5.10 Å². The zero-order chi connectivity index (χ0) is 17.3. The first-order valence-electron chi connectivity index (χ1n) is 8.33. The van der Waals surface area contributed by atoms with E-state index in [1.54, 1.807) is 18.2 Å². The molecule has 0 unspecified atom stereocenters. The van der Waals surface area contributed by atoms with Crippen LogP contribution in [0, 0.1) is 12.7 Å². The zero-order valence-electron chi connectivity index (χ0n) is 14.2. The third-order valence-electron chi connectivity index (χ3n) is 4.52. The van der Waals surface area contributed by atoms with E-state index in [1.807, 2.05) is 11.6 Å². The number of amides is 1. The topological polar surface area (TPSA) is 56.2 Å². The summed E-state index contributed by atoms with van der Waals surface area (Å²) in [6.07, 6.45) is 1.91. The molecule has 3 rings (SSSR count). The molecule has 1 aliphatic rings. The number of fused-ring (bicyclic) bond motifs is 1. The van der Waals surface area contributed by atoms with Gasteiger partial charge in [-0.1, -0.05) is 19.9 Å². The van der Waals surface area contributed by atoms with Crippen LogP contribution in [0.1, 0.15) is 60.5 Å². The van der Waals surface area contributed by atoms with Crippen LogP contribution < -0.4 is 10.1 Å². The summed E-state index contributed by atoms with van der Waals surface area (Å²) in [4.78, 5) is 12.5. The number of nitrogens with one attached hydrogen (secondary N) is 1. The fourth-order valence-corrected chi connectivity index (χ4v) is 3.19. The van der Waals surface area contributed by atoms with E-state index in [0.717, 1.165) is 18.5 Å². The molecule has 24 heavy (non-hydrogen) atoms. The summed E-state index contributed by atoms with van der Waals surface area (Å²) in [6, 6.07) is 6.23. The highest BCUT2D eigenvalue weighted by Gasteiger charge is 2.30. The average molecular weight is 331 g/mol. The SMILES string of the molecule is CCC(CC)n1nc(C(=O)N[C@@H]2COc3cccc(F)c32)cc1C. The van der Waals surface area contributed by atoms with Crippen LogP contribution in [-0.4, -0.2) is 22.3 Å². The van der Waals surface area contributed by atoms with Gasteiger partial charge in [0.25, 0.3) is 5.91 Å². The number of nitrogens with zero attached hydrogens (tertiary/aromatic N) is 2. The van der Waals surface area contributed by atoms with E-state index in [0.29, 0.717) is 17.0 Å². The predicted octanol–water partition coefficient (Wildman–Crippen LogP) is 3.56. The number of ether oxygens (including phenoxy) is 1. The first kappa shape index (κ1) is 16.5. The molecule has 6 heteroatoms. The van der Waals surface area contributed by atoms with Gasteiger partial charge < -0.3 is 10.1 Å². The largest absolute Gasteiger partial charge is 0.491 e. The van der Waals surface area contributed by atoms with Crippen molar-refractivity contribution in [2.45, 2.75) is 45.7 Å². The molecule has 2 heterocycles. The molecule has 128 valence electrons. The molecule has 1 aromatic carbocycles. The van der Waals surface area contributed by atoms with E-state index < -0.39 is 6.04 Å². The summed E-state index contributed by atoms with van der Waals surface area (Å²) < 4.78 is 21.4. The van der Waals surface area contributed by atoms with E-state index in [2.05, 4.69) is 24.3 Å². The number of halogens is 1. The maximum atomic E-state index is 14.0. The number of carbonyl (C=O) groups excluding carboxylic acids is 1. The number of aryl methyl sites for hydroxylation is 1. The first-order valence-corrected chi connectivity index (χ1v) is 8.33. The molecule has 0 fully saturated rings. The average Bonchev–Trinajstić information content (AvgIpc) is 3.14. The summed E-state index contributed by atoms with van der Waals surface area (Å²) in [5.74, 6) is -0.194. The fourth-order valence-electron chi connectivity index (χ4n) is 3.19. The third-order valence-corrected chi connectivity index (χ3v) is 4.52. The molecule has 0 saturated heterocycles. The van der Waals surface area contributed by atoms with Crippen molar-refractivity contribution in [2.24, 2.45) is 0 Å². The Bertz CT molecular complexity index is 753. The lowest BCUT2D eigenvalue weighted by Crippen LogP contribution is -2.30. The van der Waals surface area contributed by atoms with Crippen molar-refractivity contribution in [3.05, 3.63) is 47.0 Å². The van der Waals surface area contributed by atoms with Gasteiger partial charge in [0.05, 0.1) is 17.6 Å². The Morgan fingerprint density at radius 2 is 2.21 bits per heavy atom. The first-order chi connectivity index (χ1) is 11.5. The van der Waals surface area contributed by atoms with Crippen LogP contribution in [0.3, 0.4) is 0 Å². The van der Waals surface area contributed by atoms with Gasteiger partial charge in [0.2, 0.25) is 0 Å². The molecule has 1 atom stereocenters. The number of hydrogen-bond donors (Lipinski definition) is 1. The molecule has 0 spiro atoms. The molecule has 1 amide bonds. The van der Waals surface area contributed by atoms with Crippen molar-refractivity contribution in [2.75, 3.05) is 6.61 Å². The van der Waals surface area contributed by atoms with Crippen LogP contribution >= 0.6 is 0 Å². The Kier molecular flexibility index (Phi) is 4.55. The Morgan fingerprint density at radius 3 is 2.92 bits per heavy atom. The van der Waals surface area contributed by atoms with E-state index >= 15 is 0 Å². The third kappa shape index (κ3) is 2.88. The highest BCUT2D eigenvalue weighted by atomic mass is 19.1. The van der Waals surface area contributed by atoms with Gasteiger partial charge in [-0.15, -0.1) is 0 Å². The Hall–Kier alpha value is -2.37. The Morgan fingerprint density at radius 1 is 1.46 bits per heavy atom. The van der Waals surface area contributed by atoms with Crippen molar-refractivity contribution in [1.29, 1.82) is 0 Å². The number of aromatic nitrogens is 2. The van der Waals surface area contributed by atoms with Gasteiger partial charge in [0.1, 0.15) is 23.9 Å². The second-order valence-electron chi connectivity index (χ2n) is 6.07. The molecule has 1 N–H and O–H groups in total. The summed E-state index contributed by atoms with van der Waals surface area (Å²) in [5, 5.41) is 7.27. The summed E-state index contributed by atoms with van der Waals surface area (Å²) in [6.45, 7) is 6.37. The smallest absolute Gasteiger partial charge is 0.272 e. The molecule has 2 aromatic rings. The summed E-state index contributed by atoms with van der Waals surface area (Å²) in [5.41, 5.74) is 1.70. The molecule has 1 aromatic heterocycles. The second kappa shape index (κ2) is 6.63. The van der Waals surface area contributed by atoms with E-state index in [1.165, 1.54) is 6.07 Å². The van der Waals surface area contributed by atoms with Crippen molar-refractivity contribution in [3.63, 3.8) is 0 Å². The highest BCUT2D eigenvalue weighted by Crippen LogP contribution is 2.34. The fraction of sp³-hybridized carbons (Fsp3) is 0.444. The maximum absolute atomic E-state index is 14.0. The Labute approximate surface area is 140 Å². The van der Waals surface area contributed by atoms with Gasteiger partial charge in [-0.25, -0.2) is 4.39 Å². The van der Waals surface area contributed by atoms with Crippen LogP contribution in [0.4, 0.5) is 4.39 Å². The van der Waals surface area contributed by atoms with Crippen molar-refractivity contribution < 1.29 is 13.9 Å². The maximum Gasteiger partial charge on any atom is 0.272 e. The lowest BCUT2D eigenvalue weighted by atomic mass is 10.1. The molecular formula is C18H22FN3O2. The van der Waals surface area contributed by atoms with Crippen molar-refractivity contribution >= 4 is 5.91 Å². The molecular weight excluding hydrogens is 309 g/mol. The van der Waals surface area contributed by atoms with Crippen LogP contribution in [0.15, 0.2) is 24.3 Å².